The van der Waals surface area contributed by atoms with Gasteiger partial charge in [0, 0.05) is 19.6 Å². The molecule has 1 N–H and O–H groups in total. The molecule has 1 amide bonds. The van der Waals surface area contributed by atoms with Crippen LogP contribution >= 0.6 is 0 Å². The van der Waals surface area contributed by atoms with Crippen LogP contribution in [-0.4, -0.2) is 45.3 Å². The Hall–Kier alpha value is -2.96. The number of nitrogens with one attached hydrogen (secondary N) is 1. The number of anilines is 1. The summed E-state index contributed by atoms with van der Waals surface area (Å²) >= 11 is 0. The van der Waals surface area contributed by atoms with Crippen LogP contribution in [0.3, 0.4) is 0 Å². The summed E-state index contributed by atoms with van der Waals surface area (Å²) in [4.78, 5) is 23.7. The van der Waals surface area contributed by atoms with Gasteiger partial charge >= 0.3 is 0 Å². The number of nitrogens with zero attached hydrogens (tertiary/aromatic N) is 5. The van der Waals surface area contributed by atoms with Crippen molar-refractivity contribution < 1.29 is 4.79 Å². The van der Waals surface area contributed by atoms with Gasteiger partial charge in [-0.05, 0) is 31.4 Å². The molecule has 1 atom stereocenters. The predicted molar refractivity (Wildman–Crippen MR) is 110 cm³/mol. The zero-order valence-corrected chi connectivity index (χ0v) is 16.2. The molecule has 1 aromatic carbocycles. The lowest BCUT2D eigenvalue weighted by Crippen LogP contribution is -2.43. The third kappa shape index (κ3) is 3.69. The Bertz CT molecular complexity index is 938. The number of benzene rings is 1. The van der Waals surface area contributed by atoms with Crippen molar-refractivity contribution in [3.8, 4) is 5.69 Å². The van der Waals surface area contributed by atoms with E-state index in [4.69, 9.17) is 0 Å². The molecule has 0 saturated carbocycles. The number of hydrogen-bond acceptors (Lipinski definition) is 5. The Labute approximate surface area is 164 Å². The van der Waals surface area contributed by atoms with E-state index >= 15 is 0 Å². The van der Waals surface area contributed by atoms with E-state index in [-0.39, 0.29) is 11.8 Å². The molecule has 1 fully saturated rings. The Balaban J connectivity index is 1.57. The highest BCUT2D eigenvalue weighted by Crippen LogP contribution is 2.28. The standard InChI is InChI=1S/C21H26N6O/c1-2-3-11-22-21(28)16-8-7-12-26(14-16)19-18-13-25-27(20(18)24-15-23-19)17-9-5-4-6-10-17/h4-6,9-10,13,15-16H,2-3,7-8,11-12,14H2,1H3,(H,22,28). The van der Waals surface area contributed by atoms with Crippen LogP contribution < -0.4 is 10.2 Å². The van der Waals surface area contributed by atoms with Crippen molar-refractivity contribution in [1.29, 1.82) is 0 Å². The van der Waals surface area contributed by atoms with Gasteiger partial charge < -0.3 is 10.2 Å². The van der Waals surface area contributed by atoms with Gasteiger partial charge in [0.15, 0.2) is 5.65 Å². The van der Waals surface area contributed by atoms with Crippen LogP contribution in [0, 0.1) is 5.92 Å². The molecule has 3 aromatic rings. The monoisotopic (exact) mass is 378 g/mol. The average molecular weight is 378 g/mol. The highest BCUT2D eigenvalue weighted by Gasteiger charge is 2.27. The minimum absolute atomic E-state index is 0.000195. The van der Waals surface area contributed by atoms with Crippen LogP contribution in [0.5, 0.6) is 0 Å². The molecule has 0 spiro atoms. The molecule has 1 unspecified atom stereocenters. The molecule has 28 heavy (non-hydrogen) atoms. The summed E-state index contributed by atoms with van der Waals surface area (Å²) in [6.45, 7) is 4.46. The summed E-state index contributed by atoms with van der Waals surface area (Å²) < 4.78 is 1.83. The fourth-order valence-electron chi connectivity index (χ4n) is 3.76. The zero-order valence-electron chi connectivity index (χ0n) is 16.2. The number of fused-ring (bicyclic) bond motifs is 1. The summed E-state index contributed by atoms with van der Waals surface area (Å²) in [5, 5.41) is 8.52. The zero-order chi connectivity index (χ0) is 19.3. The third-order valence-corrected chi connectivity index (χ3v) is 5.27. The Kier molecular flexibility index (Phi) is 5.50. The van der Waals surface area contributed by atoms with Crippen LogP contribution in [0.1, 0.15) is 32.6 Å². The third-order valence-electron chi connectivity index (χ3n) is 5.27. The van der Waals surface area contributed by atoms with Crippen molar-refractivity contribution in [2.75, 3.05) is 24.5 Å². The van der Waals surface area contributed by atoms with Crippen molar-refractivity contribution in [3.63, 3.8) is 0 Å². The van der Waals surface area contributed by atoms with Crippen molar-refractivity contribution in [1.82, 2.24) is 25.1 Å². The van der Waals surface area contributed by atoms with Crippen molar-refractivity contribution in [2.24, 2.45) is 5.92 Å². The van der Waals surface area contributed by atoms with Gasteiger partial charge in [-0.15, -0.1) is 0 Å². The second-order valence-electron chi connectivity index (χ2n) is 7.26. The van der Waals surface area contributed by atoms with Gasteiger partial charge in [-0.3, -0.25) is 4.79 Å². The van der Waals surface area contributed by atoms with Crippen molar-refractivity contribution >= 4 is 22.8 Å². The molecule has 3 heterocycles. The summed E-state index contributed by atoms with van der Waals surface area (Å²) in [6, 6.07) is 9.96. The molecule has 2 aromatic heterocycles. The molecule has 0 radical (unpaired) electrons. The smallest absolute Gasteiger partial charge is 0.224 e. The minimum Gasteiger partial charge on any atom is -0.356 e. The molecule has 0 aliphatic carbocycles. The lowest BCUT2D eigenvalue weighted by Gasteiger charge is -2.33. The SMILES string of the molecule is CCCCNC(=O)C1CCCN(c2ncnc3c2cnn3-c2ccccc2)C1. The fraction of sp³-hybridized carbons (Fsp3) is 0.429. The number of carbonyl (C=O) groups is 1. The van der Waals surface area contributed by atoms with E-state index in [1.807, 2.05) is 41.2 Å². The first-order valence-electron chi connectivity index (χ1n) is 10.0. The molecular formula is C21H26N6O. The van der Waals surface area contributed by atoms with Gasteiger partial charge in [-0.1, -0.05) is 31.5 Å². The van der Waals surface area contributed by atoms with Crippen LogP contribution in [0.25, 0.3) is 16.7 Å². The number of hydrogen-bond donors (Lipinski definition) is 1. The van der Waals surface area contributed by atoms with Crippen LogP contribution in [0.15, 0.2) is 42.9 Å². The van der Waals surface area contributed by atoms with E-state index < -0.39 is 0 Å². The molecule has 1 aliphatic rings. The van der Waals surface area contributed by atoms with Gasteiger partial charge in [0.05, 0.1) is 23.2 Å². The van der Waals surface area contributed by atoms with Crippen LogP contribution in [0.4, 0.5) is 5.82 Å². The minimum atomic E-state index is -0.000195. The molecule has 146 valence electrons. The van der Waals surface area contributed by atoms with Gasteiger partial charge in [-0.2, -0.15) is 5.10 Å². The fourth-order valence-corrected chi connectivity index (χ4v) is 3.76. The maximum absolute atomic E-state index is 12.5. The number of amides is 1. The van der Waals surface area contributed by atoms with Gasteiger partial charge in [-0.25, -0.2) is 14.6 Å². The van der Waals surface area contributed by atoms with Crippen molar-refractivity contribution in [2.45, 2.75) is 32.6 Å². The van der Waals surface area contributed by atoms with E-state index in [1.165, 1.54) is 0 Å². The number of aromatic nitrogens is 4. The molecular weight excluding hydrogens is 352 g/mol. The largest absolute Gasteiger partial charge is 0.356 e. The number of rotatable bonds is 6. The number of carbonyl (C=O) groups excluding carboxylic acids is 1. The lowest BCUT2D eigenvalue weighted by molar-refractivity contribution is -0.125. The first kappa shape index (κ1) is 18.4. The van der Waals surface area contributed by atoms with Crippen LogP contribution in [-0.2, 0) is 4.79 Å². The summed E-state index contributed by atoms with van der Waals surface area (Å²) in [5.41, 5.74) is 1.75. The summed E-state index contributed by atoms with van der Waals surface area (Å²) in [7, 11) is 0. The second-order valence-corrected chi connectivity index (χ2v) is 7.26. The van der Waals surface area contributed by atoms with Crippen LogP contribution in [0.2, 0.25) is 0 Å². The van der Waals surface area contributed by atoms with Crippen molar-refractivity contribution in [3.05, 3.63) is 42.9 Å². The normalized spacial score (nSPS) is 17.0. The highest BCUT2D eigenvalue weighted by molar-refractivity contribution is 5.88. The van der Waals surface area contributed by atoms with E-state index in [0.717, 1.165) is 61.3 Å². The topological polar surface area (TPSA) is 75.9 Å². The Morgan fingerprint density at radius 2 is 2.11 bits per heavy atom. The molecule has 1 saturated heterocycles. The van der Waals surface area contributed by atoms with E-state index in [0.29, 0.717) is 6.54 Å². The number of para-hydroxylation sites is 1. The second kappa shape index (κ2) is 8.37. The molecule has 7 heteroatoms. The summed E-state index contributed by atoms with van der Waals surface area (Å²) in [5.74, 6) is 1.02. The van der Waals surface area contributed by atoms with E-state index in [1.54, 1.807) is 6.33 Å². The molecule has 0 bridgehead atoms. The summed E-state index contributed by atoms with van der Waals surface area (Å²) in [6.07, 6.45) is 7.41. The van der Waals surface area contributed by atoms with E-state index in [9.17, 15) is 4.79 Å². The number of unbranched alkanes of at least 4 members (excludes halogenated alkanes) is 1. The average Bonchev–Trinajstić information content (AvgIpc) is 3.19. The van der Waals surface area contributed by atoms with E-state index in [2.05, 4.69) is 32.2 Å². The Morgan fingerprint density at radius 3 is 2.93 bits per heavy atom. The molecule has 4 rings (SSSR count). The Morgan fingerprint density at radius 1 is 1.25 bits per heavy atom. The van der Waals surface area contributed by atoms with Gasteiger partial charge in [0.2, 0.25) is 5.91 Å². The number of piperidine rings is 1. The predicted octanol–water partition coefficient (Wildman–Crippen LogP) is 2.95. The molecule has 1 aliphatic heterocycles. The van der Waals surface area contributed by atoms with Gasteiger partial charge in [0.1, 0.15) is 12.1 Å². The first-order chi connectivity index (χ1) is 13.8. The molecule has 7 nitrogen and oxygen atoms in total. The lowest BCUT2D eigenvalue weighted by atomic mass is 9.97. The quantitative estimate of drug-likeness (QED) is 0.668. The first-order valence-corrected chi connectivity index (χ1v) is 10.0. The maximum Gasteiger partial charge on any atom is 0.224 e. The van der Waals surface area contributed by atoms with Gasteiger partial charge in [0.25, 0.3) is 0 Å². The maximum atomic E-state index is 12.5. The highest BCUT2D eigenvalue weighted by atomic mass is 16.1.